The normalized spacial score (nSPS) is 19.2. The Bertz CT molecular complexity index is 1640. The fourth-order valence-corrected chi connectivity index (χ4v) is 5.52. The third kappa shape index (κ3) is 4.09. The fourth-order valence-electron chi connectivity index (χ4n) is 5.52. The lowest BCUT2D eigenvalue weighted by Crippen LogP contribution is -2.47. The zero-order chi connectivity index (χ0) is 27.5. The van der Waals surface area contributed by atoms with E-state index in [4.69, 9.17) is 9.47 Å². The molecular formula is C28H29N5O6. The van der Waals surface area contributed by atoms with Gasteiger partial charge in [0.25, 0.3) is 0 Å². The molecule has 3 aromatic rings. The van der Waals surface area contributed by atoms with Crippen LogP contribution in [-0.2, 0) is 6.54 Å². The molecule has 1 fully saturated rings. The SMILES string of the molecule is CC(=O)c1ccc(-n2c(=O)n3n(c2=O)C2C(=CC3)C(C)(C)Oc3cc(OC(=O)N4CCNCC4)ccc32)cc1. The van der Waals surface area contributed by atoms with E-state index in [2.05, 4.69) is 5.32 Å². The third-order valence-corrected chi connectivity index (χ3v) is 7.54. The fraction of sp³-hybridized carbons (Fsp3) is 0.357. The summed E-state index contributed by atoms with van der Waals surface area (Å²) < 4.78 is 16.0. The molecule has 4 heterocycles. The van der Waals surface area contributed by atoms with E-state index in [1.807, 2.05) is 19.9 Å². The van der Waals surface area contributed by atoms with Crippen LogP contribution in [0.4, 0.5) is 4.79 Å². The van der Waals surface area contributed by atoms with E-state index in [0.717, 1.165) is 10.1 Å². The van der Waals surface area contributed by atoms with Gasteiger partial charge in [-0.3, -0.25) is 4.79 Å². The second-order valence-corrected chi connectivity index (χ2v) is 10.4. The molecule has 2 aromatic carbocycles. The monoisotopic (exact) mass is 531 g/mol. The summed E-state index contributed by atoms with van der Waals surface area (Å²) in [5.41, 5.74) is 0.655. The molecule has 1 saturated heterocycles. The average molecular weight is 532 g/mol. The largest absolute Gasteiger partial charge is 0.483 e. The van der Waals surface area contributed by atoms with Crippen molar-refractivity contribution in [3.8, 4) is 17.2 Å². The number of carbonyl (C=O) groups excluding carboxylic acids is 2. The second kappa shape index (κ2) is 9.12. The number of hydrogen-bond acceptors (Lipinski definition) is 7. The molecule has 1 N–H and O–H groups in total. The van der Waals surface area contributed by atoms with Crippen LogP contribution in [0.3, 0.4) is 0 Å². The van der Waals surface area contributed by atoms with Crippen molar-refractivity contribution in [3.05, 3.63) is 86.2 Å². The van der Waals surface area contributed by atoms with Gasteiger partial charge in [0.05, 0.1) is 12.2 Å². The quantitative estimate of drug-likeness (QED) is 0.406. The van der Waals surface area contributed by atoms with Crippen molar-refractivity contribution in [2.75, 3.05) is 26.2 Å². The maximum absolute atomic E-state index is 13.8. The molecule has 3 aliphatic rings. The van der Waals surface area contributed by atoms with Gasteiger partial charge < -0.3 is 19.7 Å². The van der Waals surface area contributed by atoms with Crippen LogP contribution in [0.25, 0.3) is 5.69 Å². The summed E-state index contributed by atoms with van der Waals surface area (Å²) in [6.45, 7) is 8.05. The third-order valence-electron chi connectivity index (χ3n) is 7.54. The number of Topliss-reactive ketones (excluding diaryl/α,β-unsaturated/α-hetero) is 1. The number of carbonyl (C=O) groups is 2. The standard InChI is InChI=1S/C28H29N5O6/c1-17(34)18-4-6-19(7-5-18)32-25(35)31-13-10-22-24(33(31)26(32)36)21-9-8-20(16-23(21)39-28(22,2)3)38-27(37)30-14-11-29-12-15-30/h4-10,16,24,29H,11-15H2,1-3H3. The maximum atomic E-state index is 13.8. The highest BCUT2D eigenvalue weighted by Gasteiger charge is 2.44. The lowest BCUT2D eigenvalue weighted by atomic mass is 9.83. The zero-order valence-electron chi connectivity index (χ0n) is 22.0. The van der Waals surface area contributed by atoms with Crippen molar-refractivity contribution in [2.24, 2.45) is 0 Å². The number of piperazine rings is 1. The van der Waals surface area contributed by atoms with Crippen LogP contribution in [0.2, 0.25) is 0 Å². The molecule has 1 amide bonds. The van der Waals surface area contributed by atoms with Gasteiger partial charge in [0.2, 0.25) is 0 Å². The minimum atomic E-state index is -0.787. The Hall–Kier alpha value is -4.38. The van der Waals surface area contributed by atoms with Gasteiger partial charge in [0.15, 0.2) is 5.78 Å². The van der Waals surface area contributed by atoms with Gasteiger partial charge in [-0.05, 0) is 62.7 Å². The van der Waals surface area contributed by atoms with Crippen LogP contribution in [0.15, 0.2) is 63.7 Å². The first-order chi connectivity index (χ1) is 18.7. The number of rotatable bonds is 3. The molecule has 0 saturated carbocycles. The summed E-state index contributed by atoms with van der Waals surface area (Å²) >= 11 is 0. The Kier molecular flexibility index (Phi) is 5.83. The first-order valence-corrected chi connectivity index (χ1v) is 12.9. The highest BCUT2D eigenvalue weighted by Crippen LogP contribution is 2.47. The Morgan fingerprint density at radius 1 is 1.03 bits per heavy atom. The topological polar surface area (TPSA) is 117 Å². The molecule has 11 nitrogen and oxygen atoms in total. The van der Waals surface area contributed by atoms with E-state index < -0.39 is 29.1 Å². The van der Waals surface area contributed by atoms with E-state index in [-0.39, 0.29) is 12.3 Å². The molecule has 0 radical (unpaired) electrons. The summed E-state index contributed by atoms with van der Waals surface area (Å²) in [7, 11) is 0. The van der Waals surface area contributed by atoms with E-state index in [9.17, 15) is 19.2 Å². The predicted octanol–water partition coefficient (Wildman–Crippen LogP) is 2.11. The van der Waals surface area contributed by atoms with Gasteiger partial charge in [0, 0.05) is 43.4 Å². The van der Waals surface area contributed by atoms with Gasteiger partial charge in [0.1, 0.15) is 23.1 Å². The van der Waals surface area contributed by atoms with Crippen molar-refractivity contribution >= 4 is 11.9 Å². The minimum absolute atomic E-state index is 0.102. The number of ether oxygens (including phenoxy) is 2. The molecule has 1 aromatic heterocycles. The van der Waals surface area contributed by atoms with Crippen LogP contribution in [0.1, 0.15) is 42.7 Å². The molecule has 39 heavy (non-hydrogen) atoms. The summed E-state index contributed by atoms with van der Waals surface area (Å²) in [6, 6.07) is 10.9. The number of hydrogen-bond donors (Lipinski definition) is 1. The van der Waals surface area contributed by atoms with Crippen LogP contribution < -0.4 is 26.2 Å². The smallest absolute Gasteiger partial charge is 0.415 e. The van der Waals surface area contributed by atoms with Crippen LogP contribution in [0.5, 0.6) is 11.5 Å². The number of benzene rings is 2. The Balaban J connectivity index is 1.41. The van der Waals surface area contributed by atoms with Gasteiger partial charge in [-0.25, -0.2) is 28.3 Å². The number of ketones is 1. The van der Waals surface area contributed by atoms with E-state index in [1.165, 1.54) is 16.3 Å². The lowest BCUT2D eigenvalue weighted by Gasteiger charge is -2.42. The maximum Gasteiger partial charge on any atom is 0.415 e. The summed E-state index contributed by atoms with van der Waals surface area (Å²) in [4.78, 5) is 53.2. The number of aromatic nitrogens is 3. The molecule has 1 unspecified atom stereocenters. The first kappa shape index (κ1) is 24.9. The predicted molar refractivity (Wildman–Crippen MR) is 142 cm³/mol. The number of fused-ring (bicyclic) bond motifs is 5. The Morgan fingerprint density at radius 2 is 1.74 bits per heavy atom. The molecule has 1 atom stereocenters. The molecule has 11 heteroatoms. The van der Waals surface area contributed by atoms with Crippen molar-refractivity contribution in [2.45, 2.75) is 39.0 Å². The van der Waals surface area contributed by atoms with Crippen molar-refractivity contribution in [1.82, 2.24) is 24.1 Å². The number of nitrogens with zero attached hydrogens (tertiary/aromatic N) is 4. The van der Waals surface area contributed by atoms with Crippen molar-refractivity contribution in [3.63, 3.8) is 0 Å². The molecule has 0 spiro atoms. The zero-order valence-corrected chi connectivity index (χ0v) is 22.0. The van der Waals surface area contributed by atoms with E-state index in [0.29, 0.717) is 54.5 Å². The Labute approximate surface area is 223 Å². The van der Waals surface area contributed by atoms with Crippen LogP contribution >= 0.6 is 0 Å². The Morgan fingerprint density at radius 3 is 2.44 bits per heavy atom. The molecule has 6 rings (SSSR count). The average Bonchev–Trinajstić information content (AvgIpc) is 3.18. The number of allylic oxidation sites excluding steroid dienone is 1. The summed E-state index contributed by atoms with van der Waals surface area (Å²) in [6.07, 6.45) is 1.50. The van der Waals surface area contributed by atoms with Gasteiger partial charge in [-0.2, -0.15) is 0 Å². The lowest BCUT2D eigenvalue weighted by molar-refractivity contribution is 0.101. The highest BCUT2D eigenvalue weighted by atomic mass is 16.6. The molecule has 0 aliphatic carbocycles. The summed E-state index contributed by atoms with van der Waals surface area (Å²) in [5, 5.41) is 3.20. The molecule has 202 valence electrons. The van der Waals surface area contributed by atoms with Crippen molar-refractivity contribution < 1.29 is 19.1 Å². The van der Waals surface area contributed by atoms with Crippen LogP contribution in [0, 0.1) is 0 Å². The molecule has 3 aliphatic heterocycles. The molecular weight excluding hydrogens is 502 g/mol. The minimum Gasteiger partial charge on any atom is -0.483 e. The van der Waals surface area contributed by atoms with E-state index in [1.54, 1.807) is 47.4 Å². The van der Waals surface area contributed by atoms with Gasteiger partial charge in [-0.1, -0.05) is 6.08 Å². The summed E-state index contributed by atoms with van der Waals surface area (Å²) in [5.74, 6) is 0.706. The van der Waals surface area contributed by atoms with Gasteiger partial charge >= 0.3 is 17.5 Å². The highest BCUT2D eigenvalue weighted by molar-refractivity contribution is 5.94. The second-order valence-electron chi connectivity index (χ2n) is 10.4. The first-order valence-electron chi connectivity index (χ1n) is 12.9. The molecule has 0 bridgehead atoms. The van der Waals surface area contributed by atoms with E-state index >= 15 is 0 Å². The van der Waals surface area contributed by atoms with Gasteiger partial charge in [-0.15, -0.1) is 0 Å². The van der Waals surface area contributed by atoms with Crippen molar-refractivity contribution in [1.29, 1.82) is 0 Å². The number of nitrogens with one attached hydrogen (secondary N) is 1. The van der Waals surface area contributed by atoms with Crippen LogP contribution in [-0.4, -0.2) is 62.5 Å². The number of amides is 1.